The molecule has 3 aromatic carbocycles. The minimum Gasteiger partial charge on any atom is -0.258 e. The highest BCUT2D eigenvalue weighted by atomic mass is 35.5. The maximum absolute atomic E-state index is 11.5. The molecule has 27 heavy (non-hydrogen) atoms. The van der Waals surface area contributed by atoms with E-state index in [1.54, 1.807) is 30.3 Å². The topological polar surface area (TPSA) is 43.1 Å². The number of halogens is 2. The first-order valence-electron chi connectivity index (χ1n) is 8.09. The van der Waals surface area contributed by atoms with Crippen LogP contribution in [0, 0.1) is 17.0 Å². The molecule has 0 atom stereocenters. The Kier molecular flexibility index (Phi) is 6.22. The molecular formula is C21H15Cl2NO2S. The molecule has 0 amide bonds. The Morgan fingerprint density at radius 3 is 2.44 bits per heavy atom. The molecule has 6 heteroatoms. The van der Waals surface area contributed by atoms with E-state index in [4.69, 9.17) is 23.2 Å². The normalized spacial score (nSPS) is 11.1. The van der Waals surface area contributed by atoms with E-state index in [1.165, 1.54) is 11.8 Å². The summed E-state index contributed by atoms with van der Waals surface area (Å²) in [6.07, 6.45) is 3.84. The van der Waals surface area contributed by atoms with Crippen LogP contribution in [0.5, 0.6) is 0 Å². The molecule has 0 saturated heterocycles. The summed E-state index contributed by atoms with van der Waals surface area (Å²) >= 11 is 13.2. The third-order valence-electron chi connectivity index (χ3n) is 3.94. The molecule has 0 N–H and O–H groups in total. The third-order valence-corrected chi connectivity index (χ3v) is 5.74. The smallest absolute Gasteiger partial charge is 0.258 e. The van der Waals surface area contributed by atoms with Crippen molar-refractivity contribution in [2.45, 2.75) is 16.7 Å². The Balaban J connectivity index is 1.89. The van der Waals surface area contributed by atoms with Gasteiger partial charge in [0.1, 0.15) is 0 Å². The molecule has 0 fully saturated rings. The van der Waals surface area contributed by atoms with Gasteiger partial charge in [0.15, 0.2) is 0 Å². The van der Waals surface area contributed by atoms with Gasteiger partial charge < -0.3 is 0 Å². The van der Waals surface area contributed by atoms with Crippen molar-refractivity contribution in [2.75, 3.05) is 0 Å². The fourth-order valence-corrected chi connectivity index (χ4v) is 3.80. The SMILES string of the molecule is Cc1ccccc1C=Cc1ccc(Sc2ccc(Cl)c(Cl)c2)c([N+](=O)[O-])c1. The van der Waals surface area contributed by atoms with Gasteiger partial charge in [0.2, 0.25) is 0 Å². The quantitative estimate of drug-likeness (QED) is 0.245. The lowest BCUT2D eigenvalue weighted by Gasteiger charge is -2.06. The molecule has 0 radical (unpaired) electrons. The second kappa shape index (κ2) is 8.61. The number of nitro groups is 1. The highest BCUT2D eigenvalue weighted by molar-refractivity contribution is 7.99. The fraction of sp³-hybridized carbons (Fsp3) is 0.0476. The molecule has 0 aliphatic heterocycles. The maximum atomic E-state index is 11.5. The fourth-order valence-electron chi connectivity index (χ4n) is 2.49. The number of hydrogen-bond acceptors (Lipinski definition) is 3. The van der Waals surface area contributed by atoms with Gasteiger partial charge in [-0.1, -0.05) is 77.4 Å². The molecule has 0 aromatic heterocycles. The van der Waals surface area contributed by atoms with Crippen LogP contribution in [0.4, 0.5) is 5.69 Å². The molecule has 0 aliphatic rings. The predicted octanol–water partition coefficient (Wildman–Crippen LogP) is 7.53. The van der Waals surface area contributed by atoms with Crippen LogP contribution in [0.2, 0.25) is 10.0 Å². The third kappa shape index (κ3) is 4.92. The molecular weight excluding hydrogens is 401 g/mol. The van der Waals surface area contributed by atoms with Crippen LogP contribution >= 0.6 is 35.0 Å². The van der Waals surface area contributed by atoms with Crippen LogP contribution in [0.15, 0.2) is 70.5 Å². The Morgan fingerprint density at radius 1 is 0.963 bits per heavy atom. The highest BCUT2D eigenvalue weighted by Crippen LogP contribution is 2.37. The van der Waals surface area contributed by atoms with Crippen LogP contribution in [0.3, 0.4) is 0 Å². The predicted molar refractivity (Wildman–Crippen MR) is 114 cm³/mol. The largest absolute Gasteiger partial charge is 0.283 e. The van der Waals surface area contributed by atoms with E-state index in [2.05, 4.69) is 0 Å². The average Bonchev–Trinajstić information content (AvgIpc) is 2.65. The van der Waals surface area contributed by atoms with Crippen molar-refractivity contribution in [3.05, 3.63) is 97.5 Å². The van der Waals surface area contributed by atoms with Gasteiger partial charge in [-0.15, -0.1) is 0 Å². The molecule has 0 aliphatic carbocycles. The number of nitrogens with zero attached hydrogens (tertiary/aromatic N) is 1. The molecule has 0 spiro atoms. The van der Waals surface area contributed by atoms with E-state index in [-0.39, 0.29) is 10.6 Å². The zero-order valence-electron chi connectivity index (χ0n) is 14.4. The lowest BCUT2D eigenvalue weighted by atomic mass is 10.1. The van der Waals surface area contributed by atoms with E-state index in [0.29, 0.717) is 14.9 Å². The molecule has 3 aromatic rings. The standard InChI is InChI=1S/C21H15Cl2NO2S/c1-14-4-2-3-5-16(14)8-6-15-7-11-21(20(12-15)24(25)26)27-17-9-10-18(22)19(23)13-17/h2-13H,1H3. The van der Waals surface area contributed by atoms with Crippen LogP contribution < -0.4 is 0 Å². The number of aryl methyl sites for hydroxylation is 1. The van der Waals surface area contributed by atoms with E-state index in [0.717, 1.165) is 21.6 Å². The number of hydrogen-bond donors (Lipinski definition) is 0. The Labute approximate surface area is 171 Å². The average molecular weight is 416 g/mol. The number of benzene rings is 3. The molecule has 0 unspecified atom stereocenters. The Morgan fingerprint density at radius 2 is 1.74 bits per heavy atom. The van der Waals surface area contributed by atoms with Gasteiger partial charge >= 0.3 is 0 Å². The first-order chi connectivity index (χ1) is 12.9. The summed E-state index contributed by atoms with van der Waals surface area (Å²) in [5, 5.41) is 12.4. The Bertz CT molecular complexity index is 1030. The summed E-state index contributed by atoms with van der Waals surface area (Å²) in [5.74, 6) is 0. The van der Waals surface area contributed by atoms with Crippen molar-refractivity contribution in [3.63, 3.8) is 0 Å². The summed E-state index contributed by atoms with van der Waals surface area (Å²) in [5.41, 5.74) is 3.05. The number of rotatable bonds is 5. The van der Waals surface area contributed by atoms with Crippen molar-refractivity contribution >= 4 is 52.8 Å². The molecule has 136 valence electrons. The first kappa shape index (κ1) is 19.5. The monoisotopic (exact) mass is 415 g/mol. The summed E-state index contributed by atoms with van der Waals surface area (Å²) in [4.78, 5) is 12.5. The second-order valence-electron chi connectivity index (χ2n) is 5.85. The lowest BCUT2D eigenvalue weighted by molar-refractivity contribution is -0.387. The van der Waals surface area contributed by atoms with Crippen LogP contribution in [-0.2, 0) is 0 Å². The summed E-state index contributed by atoms with van der Waals surface area (Å²) in [6, 6.07) is 18.3. The van der Waals surface area contributed by atoms with Gasteiger partial charge in [0.05, 0.1) is 19.9 Å². The summed E-state index contributed by atoms with van der Waals surface area (Å²) in [7, 11) is 0. The van der Waals surface area contributed by atoms with E-state index in [1.807, 2.05) is 49.4 Å². The van der Waals surface area contributed by atoms with E-state index < -0.39 is 0 Å². The van der Waals surface area contributed by atoms with Gasteiger partial charge in [0, 0.05) is 11.0 Å². The molecule has 0 heterocycles. The maximum Gasteiger partial charge on any atom is 0.283 e. The van der Waals surface area contributed by atoms with Crippen LogP contribution in [-0.4, -0.2) is 4.92 Å². The van der Waals surface area contributed by atoms with Gasteiger partial charge in [-0.25, -0.2) is 0 Å². The van der Waals surface area contributed by atoms with Crippen molar-refractivity contribution in [2.24, 2.45) is 0 Å². The van der Waals surface area contributed by atoms with Gasteiger partial charge in [-0.2, -0.15) is 0 Å². The Hall–Kier alpha value is -2.27. The first-order valence-corrected chi connectivity index (χ1v) is 9.66. The van der Waals surface area contributed by atoms with Gasteiger partial charge in [0.25, 0.3) is 5.69 Å². The van der Waals surface area contributed by atoms with Gasteiger partial charge in [-0.3, -0.25) is 10.1 Å². The van der Waals surface area contributed by atoms with Crippen LogP contribution in [0.1, 0.15) is 16.7 Å². The zero-order chi connectivity index (χ0) is 19.4. The van der Waals surface area contributed by atoms with Crippen molar-refractivity contribution < 1.29 is 4.92 Å². The van der Waals surface area contributed by atoms with Crippen molar-refractivity contribution in [1.82, 2.24) is 0 Å². The molecule has 0 bridgehead atoms. The van der Waals surface area contributed by atoms with E-state index in [9.17, 15) is 10.1 Å². The summed E-state index contributed by atoms with van der Waals surface area (Å²) < 4.78 is 0. The van der Waals surface area contributed by atoms with Crippen molar-refractivity contribution in [1.29, 1.82) is 0 Å². The summed E-state index contributed by atoms with van der Waals surface area (Å²) in [6.45, 7) is 2.03. The minimum atomic E-state index is -0.370. The second-order valence-corrected chi connectivity index (χ2v) is 7.78. The van der Waals surface area contributed by atoms with E-state index >= 15 is 0 Å². The lowest BCUT2D eigenvalue weighted by Crippen LogP contribution is -1.91. The number of nitro benzene ring substituents is 1. The zero-order valence-corrected chi connectivity index (χ0v) is 16.7. The molecule has 0 saturated carbocycles. The highest BCUT2D eigenvalue weighted by Gasteiger charge is 2.15. The van der Waals surface area contributed by atoms with Gasteiger partial charge in [-0.05, 0) is 47.9 Å². The molecule has 3 rings (SSSR count). The van der Waals surface area contributed by atoms with Crippen molar-refractivity contribution in [3.8, 4) is 0 Å². The van der Waals surface area contributed by atoms with Crippen LogP contribution in [0.25, 0.3) is 12.2 Å². The molecule has 3 nitrogen and oxygen atoms in total. The minimum absolute atomic E-state index is 0.0537.